The smallest absolute Gasteiger partial charge is 0.263 e. The molecule has 2 aromatic rings. The second-order valence-electron chi connectivity index (χ2n) is 5.08. The molecular formula is C18H17N3O3. The van der Waals surface area contributed by atoms with E-state index < -0.39 is 5.91 Å². The van der Waals surface area contributed by atoms with Crippen LogP contribution in [0.25, 0.3) is 0 Å². The molecule has 0 saturated heterocycles. The lowest BCUT2D eigenvalue weighted by Gasteiger charge is -2.02. The molecule has 2 N–H and O–H groups in total. The number of anilines is 1. The van der Waals surface area contributed by atoms with Gasteiger partial charge in [0.15, 0.2) is 0 Å². The SMILES string of the molecule is CC(=O)Nc1ccc(C#CCNC(=O)c2cccn(C)c2=O)cc1. The van der Waals surface area contributed by atoms with Crippen LogP contribution in [0.15, 0.2) is 47.4 Å². The maximum atomic E-state index is 11.9. The van der Waals surface area contributed by atoms with Gasteiger partial charge in [-0.1, -0.05) is 11.8 Å². The fourth-order valence-corrected chi connectivity index (χ4v) is 1.98. The van der Waals surface area contributed by atoms with Gasteiger partial charge in [-0.05, 0) is 36.4 Å². The van der Waals surface area contributed by atoms with Crippen molar-refractivity contribution in [3.63, 3.8) is 0 Å². The number of carbonyl (C=O) groups excluding carboxylic acids is 2. The van der Waals surface area contributed by atoms with Crippen molar-refractivity contribution in [1.29, 1.82) is 0 Å². The Labute approximate surface area is 139 Å². The average Bonchev–Trinajstić information content (AvgIpc) is 2.55. The fraction of sp³-hybridized carbons (Fsp3) is 0.167. The summed E-state index contributed by atoms with van der Waals surface area (Å²) < 4.78 is 1.34. The maximum absolute atomic E-state index is 11.9. The molecule has 6 nitrogen and oxygen atoms in total. The van der Waals surface area contributed by atoms with Gasteiger partial charge in [0.05, 0.1) is 6.54 Å². The summed E-state index contributed by atoms with van der Waals surface area (Å²) in [5.41, 5.74) is 1.19. The van der Waals surface area contributed by atoms with E-state index in [1.54, 1.807) is 43.6 Å². The van der Waals surface area contributed by atoms with Crippen LogP contribution in [-0.2, 0) is 11.8 Å². The van der Waals surface area contributed by atoms with E-state index in [1.807, 2.05) is 0 Å². The Morgan fingerprint density at radius 1 is 1.17 bits per heavy atom. The van der Waals surface area contributed by atoms with Gasteiger partial charge in [-0.25, -0.2) is 0 Å². The summed E-state index contributed by atoms with van der Waals surface area (Å²) in [4.78, 5) is 34.7. The van der Waals surface area contributed by atoms with Gasteiger partial charge in [-0.2, -0.15) is 0 Å². The van der Waals surface area contributed by atoms with Crippen molar-refractivity contribution in [2.24, 2.45) is 7.05 Å². The number of nitrogens with zero attached hydrogens (tertiary/aromatic N) is 1. The number of amides is 2. The van der Waals surface area contributed by atoms with E-state index in [0.717, 1.165) is 5.56 Å². The molecule has 122 valence electrons. The first-order chi connectivity index (χ1) is 11.5. The summed E-state index contributed by atoms with van der Waals surface area (Å²) in [6, 6.07) is 10.2. The number of nitrogens with one attached hydrogen (secondary N) is 2. The van der Waals surface area contributed by atoms with Gasteiger partial charge in [0.1, 0.15) is 5.56 Å². The Morgan fingerprint density at radius 3 is 2.54 bits per heavy atom. The topological polar surface area (TPSA) is 80.2 Å². The third-order valence-corrected chi connectivity index (χ3v) is 3.14. The van der Waals surface area contributed by atoms with Crippen molar-refractivity contribution in [2.45, 2.75) is 6.92 Å². The lowest BCUT2D eigenvalue weighted by molar-refractivity contribution is -0.114. The van der Waals surface area contributed by atoms with Gasteiger partial charge in [0.25, 0.3) is 11.5 Å². The zero-order chi connectivity index (χ0) is 17.5. The number of carbonyl (C=O) groups is 2. The molecule has 0 spiro atoms. The number of rotatable bonds is 3. The van der Waals surface area contributed by atoms with Crippen molar-refractivity contribution in [1.82, 2.24) is 9.88 Å². The van der Waals surface area contributed by atoms with Crippen LogP contribution in [0, 0.1) is 11.8 Å². The van der Waals surface area contributed by atoms with Crippen molar-refractivity contribution in [3.05, 3.63) is 64.1 Å². The highest BCUT2D eigenvalue weighted by atomic mass is 16.2. The van der Waals surface area contributed by atoms with E-state index in [-0.39, 0.29) is 23.6 Å². The molecule has 0 fully saturated rings. The molecule has 0 bridgehead atoms. The van der Waals surface area contributed by atoms with Gasteiger partial charge in [-0.3, -0.25) is 14.4 Å². The quantitative estimate of drug-likeness (QED) is 0.831. The highest BCUT2D eigenvalue weighted by Gasteiger charge is 2.09. The lowest BCUT2D eigenvalue weighted by atomic mass is 10.2. The highest BCUT2D eigenvalue weighted by molar-refractivity contribution is 5.93. The number of hydrogen-bond acceptors (Lipinski definition) is 3. The zero-order valence-corrected chi connectivity index (χ0v) is 13.4. The molecule has 0 aliphatic rings. The largest absolute Gasteiger partial charge is 0.341 e. The van der Waals surface area contributed by atoms with Crippen LogP contribution in [-0.4, -0.2) is 22.9 Å². The maximum Gasteiger partial charge on any atom is 0.263 e. The summed E-state index contributed by atoms with van der Waals surface area (Å²) in [6.07, 6.45) is 1.59. The minimum atomic E-state index is -0.452. The summed E-state index contributed by atoms with van der Waals surface area (Å²) in [5.74, 6) is 5.13. The Morgan fingerprint density at radius 2 is 1.88 bits per heavy atom. The van der Waals surface area contributed by atoms with Crippen molar-refractivity contribution >= 4 is 17.5 Å². The van der Waals surface area contributed by atoms with E-state index in [9.17, 15) is 14.4 Å². The molecule has 2 amide bonds. The zero-order valence-electron chi connectivity index (χ0n) is 13.4. The molecular weight excluding hydrogens is 306 g/mol. The third kappa shape index (κ3) is 4.58. The van der Waals surface area contributed by atoms with Crippen molar-refractivity contribution < 1.29 is 9.59 Å². The minimum absolute atomic E-state index is 0.0847. The van der Waals surface area contributed by atoms with Gasteiger partial charge in [0.2, 0.25) is 5.91 Å². The predicted molar refractivity (Wildman–Crippen MR) is 91.6 cm³/mol. The van der Waals surface area contributed by atoms with Gasteiger partial charge < -0.3 is 15.2 Å². The van der Waals surface area contributed by atoms with Crippen molar-refractivity contribution in [2.75, 3.05) is 11.9 Å². The van der Waals surface area contributed by atoms with E-state index in [4.69, 9.17) is 0 Å². The fourth-order valence-electron chi connectivity index (χ4n) is 1.98. The first-order valence-corrected chi connectivity index (χ1v) is 7.28. The van der Waals surface area contributed by atoms with Crippen molar-refractivity contribution in [3.8, 4) is 11.8 Å². The normalized spacial score (nSPS) is 9.58. The molecule has 0 saturated carbocycles. The summed E-state index contributed by atoms with van der Waals surface area (Å²) in [5, 5.41) is 5.26. The van der Waals surface area contributed by atoms with Gasteiger partial charge in [-0.15, -0.1) is 0 Å². The van der Waals surface area contributed by atoms with Crippen LogP contribution in [0.2, 0.25) is 0 Å². The lowest BCUT2D eigenvalue weighted by Crippen LogP contribution is -2.32. The van der Waals surface area contributed by atoms with E-state index >= 15 is 0 Å². The Kier molecular flexibility index (Phi) is 5.53. The average molecular weight is 323 g/mol. The number of aromatic nitrogens is 1. The molecule has 24 heavy (non-hydrogen) atoms. The molecule has 2 rings (SSSR count). The minimum Gasteiger partial charge on any atom is -0.341 e. The number of hydrogen-bond donors (Lipinski definition) is 2. The molecule has 6 heteroatoms. The first kappa shape index (κ1) is 17.0. The molecule has 0 aliphatic carbocycles. The molecule has 0 radical (unpaired) electrons. The van der Waals surface area contributed by atoms with Crippen LogP contribution in [0.5, 0.6) is 0 Å². The van der Waals surface area contributed by atoms with E-state index in [1.165, 1.54) is 17.6 Å². The van der Waals surface area contributed by atoms with Crippen LogP contribution >= 0.6 is 0 Å². The monoisotopic (exact) mass is 323 g/mol. The van der Waals surface area contributed by atoms with Crippen LogP contribution in [0.3, 0.4) is 0 Å². The second kappa shape index (κ2) is 7.79. The number of aryl methyl sites for hydroxylation is 1. The highest BCUT2D eigenvalue weighted by Crippen LogP contribution is 2.08. The molecule has 1 aromatic heterocycles. The van der Waals surface area contributed by atoms with E-state index in [2.05, 4.69) is 22.5 Å². The van der Waals surface area contributed by atoms with E-state index in [0.29, 0.717) is 5.69 Å². The first-order valence-electron chi connectivity index (χ1n) is 7.28. The molecule has 1 aromatic carbocycles. The van der Waals surface area contributed by atoms with Gasteiger partial charge in [0, 0.05) is 31.4 Å². The Hall–Kier alpha value is -3.33. The van der Waals surface area contributed by atoms with Gasteiger partial charge >= 0.3 is 0 Å². The molecule has 0 aliphatic heterocycles. The van der Waals surface area contributed by atoms with Crippen LogP contribution in [0.1, 0.15) is 22.8 Å². The predicted octanol–water partition coefficient (Wildman–Crippen LogP) is 1.13. The number of benzene rings is 1. The standard InChI is InChI=1S/C18H17N3O3/c1-13(22)20-15-9-7-14(8-10-15)5-3-11-19-17(23)16-6-4-12-21(2)18(16)24/h4,6-10,12H,11H2,1-2H3,(H,19,23)(H,20,22). The summed E-state index contributed by atoms with van der Waals surface area (Å²) >= 11 is 0. The number of pyridine rings is 1. The Bertz CT molecular complexity index is 871. The molecule has 0 unspecified atom stereocenters. The molecule has 0 atom stereocenters. The third-order valence-electron chi connectivity index (χ3n) is 3.14. The molecule has 1 heterocycles. The van der Waals surface area contributed by atoms with Crippen LogP contribution in [0.4, 0.5) is 5.69 Å². The Balaban J connectivity index is 1.94. The summed E-state index contributed by atoms with van der Waals surface area (Å²) in [6.45, 7) is 1.57. The summed E-state index contributed by atoms with van der Waals surface area (Å²) in [7, 11) is 1.59. The second-order valence-corrected chi connectivity index (χ2v) is 5.08. The van der Waals surface area contributed by atoms with Crippen LogP contribution < -0.4 is 16.2 Å².